The van der Waals surface area contributed by atoms with E-state index in [1.54, 1.807) is 13.2 Å². The monoisotopic (exact) mass is 464 g/mol. The number of rotatable bonds is 10. The second-order valence-electron chi connectivity index (χ2n) is 9.27. The van der Waals surface area contributed by atoms with Crippen LogP contribution >= 0.6 is 0 Å². The smallest absolute Gasteiger partial charge is 0.248 e. The molecule has 0 aliphatic carbocycles. The van der Waals surface area contributed by atoms with Gasteiger partial charge in [0.15, 0.2) is 0 Å². The fourth-order valence-corrected chi connectivity index (χ4v) is 4.77. The molecule has 2 heterocycles. The Morgan fingerprint density at radius 3 is 2.59 bits per heavy atom. The number of nitrogens with zero attached hydrogens (tertiary/aromatic N) is 3. The van der Waals surface area contributed by atoms with Crippen molar-refractivity contribution in [3.05, 3.63) is 59.8 Å². The standard InChI is InChI=1S/C27H36N4O3/c1-29(2)17-18-34-26-6-4-5-25(33-3)23(26)12-15-30-13-10-22(11-14-30)31-16-9-20-7-8-21(27(28)32)19-24(20)31/h4-9,16,19,22H,10-15,17-18H2,1-3H3,(H2,28,32). The highest BCUT2D eigenvalue weighted by Crippen LogP contribution is 2.31. The largest absolute Gasteiger partial charge is 0.496 e. The number of benzene rings is 2. The first-order valence-corrected chi connectivity index (χ1v) is 12.0. The maximum Gasteiger partial charge on any atom is 0.248 e. The first kappa shape index (κ1) is 24.1. The Balaban J connectivity index is 1.38. The van der Waals surface area contributed by atoms with E-state index in [4.69, 9.17) is 15.2 Å². The Hall–Kier alpha value is -3.03. The molecule has 2 N–H and O–H groups in total. The Bertz CT molecular complexity index is 1120. The summed E-state index contributed by atoms with van der Waals surface area (Å²) in [7, 11) is 5.82. The number of hydrogen-bond acceptors (Lipinski definition) is 5. The van der Waals surface area contributed by atoms with Crippen molar-refractivity contribution in [2.75, 3.05) is 54.0 Å². The van der Waals surface area contributed by atoms with Crippen LogP contribution in [-0.2, 0) is 6.42 Å². The maximum absolute atomic E-state index is 11.6. The summed E-state index contributed by atoms with van der Waals surface area (Å²) in [5, 5.41) is 1.14. The van der Waals surface area contributed by atoms with E-state index in [9.17, 15) is 4.79 Å². The van der Waals surface area contributed by atoms with E-state index >= 15 is 0 Å². The molecule has 1 fully saturated rings. The highest BCUT2D eigenvalue weighted by molar-refractivity contribution is 5.97. The summed E-state index contributed by atoms with van der Waals surface area (Å²) in [6.45, 7) is 4.56. The van der Waals surface area contributed by atoms with Gasteiger partial charge in [0.05, 0.1) is 7.11 Å². The average molecular weight is 465 g/mol. The van der Waals surface area contributed by atoms with Crippen molar-refractivity contribution in [3.8, 4) is 11.5 Å². The molecule has 1 aliphatic rings. The van der Waals surface area contributed by atoms with E-state index in [1.165, 1.54) is 0 Å². The minimum atomic E-state index is -0.383. The van der Waals surface area contributed by atoms with Crippen molar-refractivity contribution in [2.24, 2.45) is 5.73 Å². The Kier molecular flexibility index (Phi) is 7.75. The van der Waals surface area contributed by atoms with Crippen LogP contribution in [0.5, 0.6) is 11.5 Å². The van der Waals surface area contributed by atoms with Gasteiger partial charge < -0.3 is 29.6 Å². The number of likely N-dealkylation sites (tertiary alicyclic amines) is 1. The van der Waals surface area contributed by atoms with Crippen LogP contribution in [0.1, 0.15) is 34.8 Å². The minimum Gasteiger partial charge on any atom is -0.496 e. The van der Waals surface area contributed by atoms with Crippen molar-refractivity contribution in [1.29, 1.82) is 0 Å². The SMILES string of the molecule is COc1cccc(OCCN(C)C)c1CCN1CCC(n2ccc3ccc(C(N)=O)cc32)CC1. The third-order valence-corrected chi connectivity index (χ3v) is 6.74. The first-order valence-electron chi connectivity index (χ1n) is 12.0. The van der Waals surface area contributed by atoms with Crippen LogP contribution in [0.4, 0.5) is 0 Å². The molecule has 182 valence electrons. The van der Waals surface area contributed by atoms with Crippen LogP contribution in [0.25, 0.3) is 10.9 Å². The molecule has 1 aromatic heterocycles. The number of carbonyl (C=O) groups excluding carboxylic acids is 1. The molecule has 1 amide bonds. The molecule has 1 saturated heterocycles. The number of carbonyl (C=O) groups is 1. The maximum atomic E-state index is 11.6. The number of fused-ring (bicyclic) bond motifs is 1. The summed E-state index contributed by atoms with van der Waals surface area (Å²) < 4.78 is 14.0. The molecule has 7 nitrogen and oxygen atoms in total. The molecule has 3 aromatic rings. The van der Waals surface area contributed by atoms with Crippen molar-refractivity contribution in [1.82, 2.24) is 14.4 Å². The van der Waals surface area contributed by atoms with Crippen LogP contribution in [0.3, 0.4) is 0 Å². The highest BCUT2D eigenvalue weighted by atomic mass is 16.5. The Morgan fingerprint density at radius 1 is 1.12 bits per heavy atom. The van der Waals surface area contributed by atoms with E-state index in [0.29, 0.717) is 18.2 Å². The predicted octanol–water partition coefficient (Wildman–Crippen LogP) is 3.57. The number of hydrogen-bond donors (Lipinski definition) is 1. The fraction of sp³-hybridized carbons (Fsp3) is 0.444. The van der Waals surface area contributed by atoms with Gasteiger partial charge in [0, 0.05) is 55.1 Å². The number of nitrogens with two attached hydrogens (primary N) is 1. The average Bonchev–Trinajstić information content (AvgIpc) is 3.26. The second kappa shape index (κ2) is 10.9. The highest BCUT2D eigenvalue weighted by Gasteiger charge is 2.22. The van der Waals surface area contributed by atoms with Crippen LogP contribution in [-0.4, -0.2) is 74.3 Å². The van der Waals surface area contributed by atoms with Gasteiger partial charge in [-0.2, -0.15) is 0 Å². The van der Waals surface area contributed by atoms with E-state index in [1.807, 2.05) is 44.4 Å². The van der Waals surface area contributed by atoms with Crippen molar-refractivity contribution < 1.29 is 14.3 Å². The van der Waals surface area contributed by atoms with E-state index < -0.39 is 0 Å². The lowest BCUT2D eigenvalue weighted by atomic mass is 10.0. The van der Waals surface area contributed by atoms with Gasteiger partial charge in [0.1, 0.15) is 18.1 Å². The number of amides is 1. The zero-order valence-electron chi connectivity index (χ0n) is 20.5. The van der Waals surface area contributed by atoms with Gasteiger partial charge in [-0.1, -0.05) is 12.1 Å². The van der Waals surface area contributed by atoms with Crippen LogP contribution in [0.15, 0.2) is 48.7 Å². The van der Waals surface area contributed by atoms with Crippen molar-refractivity contribution in [2.45, 2.75) is 25.3 Å². The zero-order valence-corrected chi connectivity index (χ0v) is 20.5. The fourth-order valence-electron chi connectivity index (χ4n) is 4.77. The summed E-state index contributed by atoms with van der Waals surface area (Å²) in [4.78, 5) is 16.3. The van der Waals surface area contributed by atoms with E-state index in [-0.39, 0.29) is 5.91 Å². The molecule has 2 aromatic carbocycles. The lowest BCUT2D eigenvalue weighted by Gasteiger charge is -2.33. The number of methoxy groups -OCH3 is 1. The third-order valence-electron chi connectivity index (χ3n) is 6.74. The van der Waals surface area contributed by atoms with Crippen LogP contribution in [0.2, 0.25) is 0 Å². The van der Waals surface area contributed by atoms with Gasteiger partial charge in [-0.3, -0.25) is 4.79 Å². The molecule has 0 saturated carbocycles. The van der Waals surface area contributed by atoms with Crippen LogP contribution < -0.4 is 15.2 Å². The quantitative estimate of drug-likeness (QED) is 0.497. The summed E-state index contributed by atoms with van der Waals surface area (Å²) in [5.74, 6) is 1.42. The van der Waals surface area contributed by atoms with Gasteiger partial charge >= 0.3 is 0 Å². The molecule has 4 rings (SSSR count). The molecule has 0 bridgehead atoms. The van der Waals surface area contributed by atoms with Gasteiger partial charge in [-0.05, 0) is 69.1 Å². The van der Waals surface area contributed by atoms with E-state index in [0.717, 1.165) is 73.4 Å². The summed E-state index contributed by atoms with van der Waals surface area (Å²) in [6.07, 6.45) is 5.17. The molecule has 0 atom stereocenters. The first-order chi connectivity index (χ1) is 16.5. The van der Waals surface area contributed by atoms with Gasteiger partial charge in [0.25, 0.3) is 0 Å². The molecule has 0 radical (unpaired) electrons. The molecule has 1 aliphatic heterocycles. The van der Waals surface area contributed by atoms with Gasteiger partial charge in [0.2, 0.25) is 5.91 Å². The number of piperidine rings is 1. The Labute approximate surface area is 202 Å². The lowest BCUT2D eigenvalue weighted by Crippen LogP contribution is -2.36. The molecular weight excluding hydrogens is 428 g/mol. The summed E-state index contributed by atoms with van der Waals surface area (Å²) in [5.41, 5.74) is 8.28. The normalized spacial score (nSPS) is 15.2. The number of aromatic nitrogens is 1. The number of primary amides is 1. The summed E-state index contributed by atoms with van der Waals surface area (Å²) >= 11 is 0. The number of likely N-dealkylation sites (N-methyl/N-ethyl adjacent to an activating group) is 1. The minimum absolute atomic E-state index is 0.383. The van der Waals surface area contributed by atoms with E-state index in [2.05, 4.69) is 26.6 Å². The van der Waals surface area contributed by atoms with Gasteiger partial charge in [-0.15, -0.1) is 0 Å². The zero-order chi connectivity index (χ0) is 24.1. The second-order valence-corrected chi connectivity index (χ2v) is 9.27. The Morgan fingerprint density at radius 2 is 1.88 bits per heavy atom. The topological polar surface area (TPSA) is 73.0 Å². The molecular formula is C27H36N4O3. The van der Waals surface area contributed by atoms with Crippen molar-refractivity contribution in [3.63, 3.8) is 0 Å². The molecule has 7 heteroatoms. The molecule has 0 spiro atoms. The predicted molar refractivity (Wildman–Crippen MR) is 136 cm³/mol. The number of ether oxygens (including phenoxy) is 2. The van der Waals surface area contributed by atoms with Gasteiger partial charge in [-0.25, -0.2) is 0 Å². The molecule has 34 heavy (non-hydrogen) atoms. The lowest BCUT2D eigenvalue weighted by molar-refractivity contribution is 0.100. The summed E-state index contributed by atoms with van der Waals surface area (Å²) in [6, 6.07) is 14.3. The van der Waals surface area contributed by atoms with Crippen molar-refractivity contribution >= 4 is 16.8 Å². The van der Waals surface area contributed by atoms with Crippen LogP contribution in [0, 0.1) is 0 Å². The third kappa shape index (κ3) is 5.54. The molecule has 0 unspecified atom stereocenters.